The highest BCUT2D eigenvalue weighted by Crippen LogP contribution is 2.26. The number of hydrogen-bond donors (Lipinski definition) is 1. The van der Waals surface area contributed by atoms with E-state index in [9.17, 15) is 8.42 Å². The molecular formula is C18H20N2O2S. The number of rotatable bonds is 5. The van der Waals surface area contributed by atoms with Gasteiger partial charge < -0.3 is 4.98 Å². The summed E-state index contributed by atoms with van der Waals surface area (Å²) in [4.78, 5) is 3.39. The molecule has 0 saturated heterocycles. The van der Waals surface area contributed by atoms with Crippen molar-refractivity contribution < 1.29 is 8.42 Å². The maximum atomic E-state index is 13.0. The number of benzene rings is 2. The first-order valence-electron chi connectivity index (χ1n) is 7.75. The lowest BCUT2D eigenvalue weighted by atomic mass is 10.1. The highest BCUT2D eigenvalue weighted by Gasteiger charge is 2.23. The highest BCUT2D eigenvalue weighted by atomic mass is 32.2. The monoisotopic (exact) mass is 328 g/mol. The van der Waals surface area contributed by atoms with Gasteiger partial charge in [-0.15, -0.1) is 0 Å². The van der Waals surface area contributed by atoms with Crippen molar-refractivity contribution in [3.05, 3.63) is 60.3 Å². The summed E-state index contributed by atoms with van der Waals surface area (Å²) in [6, 6.07) is 14.7. The Bertz CT molecular complexity index is 912. The number of anilines is 1. The molecule has 1 aromatic heterocycles. The van der Waals surface area contributed by atoms with Crippen LogP contribution < -0.4 is 4.31 Å². The van der Waals surface area contributed by atoms with Crippen molar-refractivity contribution in [2.75, 3.05) is 10.8 Å². The van der Waals surface area contributed by atoms with Gasteiger partial charge in [0, 0.05) is 23.6 Å². The molecule has 0 radical (unpaired) electrons. The second-order valence-corrected chi connectivity index (χ2v) is 7.28. The molecule has 4 nitrogen and oxygen atoms in total. The van der Waals surface area contributed by atoms with E-state index in [2.05, 4.69) is 11.9 Å². The minimum absolute atomic E-state index is 0.311. The Morgan fingerprint density at radius 3 is 2.39 bits per heavy atom. The van der Waals surface area contributed by atoms with Crippen molar-refractivity contribution in [2.24, 2.45) is 0 Å². The van der Waals surface area contributed by atoms with Crippen LogP contribution in [-0.4, -0.2) is 19.9 Å². The van der Waals surface area contributed by atoms with Gasteiger partial charge in [0.25, 0.3) is 10.0 Å². The molecule has 1 heterocycles. The zero-order valence-corrected chi connectivity index (χ0v) is 14.1. The fourth-order valence-corrected chi connectivity index (χ4v) is 4.22. The number of fused-ring (bicyclic) bond motifs is 1. The van der Waals surface area contributed by atoms with Gasteiger partial charge in [-0.05, 0) is 55.3 Å². The van der Waals surface area contributed by atoms with Gasteiger partial charge in [0.2, 0.25) is 0 Å². The van der Waals surface area contributed by atoms with Crippen LogP contribution in [0.25, 0.3) is 10.9 Å². The molecule has 0 amide bonds. The molecule has 0 unspecified atom stereocenters. The Kier molecular flexibility index (Phi) is 4.13. The summed E-state index contributed by atoms with van der Waals surface area (Å²) >= 11 is 0. The SMILES string of the molecule is CCc1ccc(N(CC)S(=O)(=O)c2ccc3[nH]ccc3c2)cc1. The molecule has 0 aliphatic carbocycles. The standard InChI is InChI=1S/C18H20N2O2S/c1-3-14-5-7-16(8-6-14)20(4-2)23(21,22)17-9-10-18-15(13-17)11-12-19-18/h5-13,19H,3-4H2,1-2H3. The zero-order valence-electron chi connectivity index (χ0n) is 13.3. The van der Waals surface area contributed by atoms with E-state index in [-0.39, 0.29) is 0 Å². The second kappa shape index (κ2) is 6.08. The largest absolute Gasteiger partial charge is 0.361 e. The molecule has 0 saturated carbocycles. The molecule has 23 heavy (non-hydrogen) atoms. The van der Waals surface area contributed by atoms with Crippen molar-refractivity contribution in [3.8, 4) is 0 Å². The van der Waals surface area contributed by atoms with Crippen LogP contribution in [0.3, 0.4) is 0 Å². The first kappa shape index (κ1) is 15.6. The van der Waals surface area contributed by atoms with Gasteiger partial charge in [0.05, 0.1) is 10.6 Å². The average molecular weight is 328 g/mol. The molecule has 3 aromatic rings. The lowest BCUT2D eigenvalue weighted by Gasteiger charge is -2.23. The first-order chi connectivity index (χ1) is 11.1. The van der Waals surface area contributed by atoms with Gasteiger partial charge in [0.1, 0.15) is 0 Å². The van der Waals surface area contributed by atoms with Gasteiger partial charge in [-0.3, -0.25) is 4.31 Å². The summed E-state index contributed by atoms with van der Waals surface area (Å²) in [5.74, 6) is 0. The molecular weight excluding hydrogens is 308 g/mol. The van der Waals surface area contributed by atoms with E-state index in [0.29, 0.717) is 17.1 Å². The fourth-order valence-electron chi connectivity index (χ4n) is 2.71. The second-order valence-electron chi connectivity index (χ2n) is 5.42. The van der Waals surface area contributed by atoms with Crippen molar-refractivity contribution in [2.45, 2.75) is 25.2 Å². The number of H-pyrrole nitrogens is 1. The average Bonchev–Trinajstić information content (AvgIpc) is 3.03. The third-order valence-corrected chi connectivity index (χ3v) is 5.93. The molecule has 3 rings (SSSR count). The van der Waals surface area contributed by atoms with Crippen LogP contribution in [0.15, 0.2) is 59.6 Å². The number of hydrogen-bond acceptors (Lipinski definition) is 2. The number of nitrogens with one attached hydrogen (secondary N) is 1. The van der Waals surface area contributed by atoms with E-state index < -0.39 is 10.0 Å². The Labute approximate surface area is 136 Å². The van der Waals surface area contributed by atoms with E-state index in [4.69, 9.17) is 0 Å². The Morgan fingerprint density at radius 1 is 1.00 bits per heavy atom. The topological polar surface area (TPSA) is 53.2 Å². The van der Waals surface area contributed by atoms with E-state index in [1.54, 1.807) is 18.2 Å². The van der Waals surface area contributed by atoms with Crippen LogP contribution in [0.1, 0.15) is 19.4 Å². The third kappa shape index (κ3) is 2.84. The van der Waals surface area contributed by atoms with E-state index in [1.165, 1.54) is 9.87 Å². The number of aromatic amines is 1. The molecule has 0 aliphatic rings. The molecule has 0 aliphatic heterocycles. The van der Waals surface area contributed by atoms with Crippen LogP contribution in [0.4, 0.5) is 5.69 Å². The van der Waals surface area contributed by atoms with Crippen LogP contribution in [0.2, 0.25) is 0 Å². The van der Waals surface area contributed by atoms with Gasteiger partial charge in [0.15, 0.2) is 0 Å². The molecule has 0 fully saturated rings. The minimum atomic E-state index is -3.57. The van der Waals surface area contributed by atoms with Crippen LogP contribution in [0.5, 0.6) is 0 Å². The number of aromatic nitrogens is 1. The van der Waals surface area contributed by atoms with E-state index in [0.717, 1.165) is 17.3 Å². The summed E-state index contributed by atoms with van der Waals surface area (Å²) in [6.07, 6.45) is 2.74. The highest BCUT2D eigenvalue weighted by molar-refractivity contribution is 7.92. The van der Waals surface area contributed by atoms with E-state index in [1.807, 2.05) is 43.5 Å². The van der Waals surface area contributed by atoms with Crippen molar-refractivity contribution in [3.63, 3.8) is 0 Å². The molecule has 5 heteroatoms. The Hall–Kier alpha value is -2.27. The molecule has 0 bridgehead atoms. The van der Waals surface area contributed by atoms with Gasteiger partial charge in [-0.1, -0.05) is 19.1 Å². The molecule has 1 N–H and O–H groups in total. The lowest BCUT2D eigenvalue weighted by molar-refractivity contribution is 0.592. The van der Waals surface area contributed by atoms with Crippen molar-refractivity contribution >= 4 is 26.6 Å². The van der Waals surface area contributed by atoms with Crippen molar-refractivity contribution in [1.29, 1.82) is 0 Å². The summed E-state index contributed by atoms with van der Waals surface area (Å²) < 4.78 is 27.4. The van der Waals surface area contributed by atoms with Crippen LogP contribution in [-0.2, 0) is 16.4 Å². The normalized spacial score (nSPS) is 11.7. The maximum absolute atomic E-state index is 13.0. The Balaban J connectivity index is 2.03. The van der Waals surface area contributed by atoms with Gasteiger partial charge >= 0.3 is 0 Å². The molecule has 0 atom stereocenters. The predicted octanol–water partition coefficient (Wildman–Crippen LogP) is 3.95. The molecule has 120 valence electrons. The summed E-state index contributed by atoms with van der Waals surface area (Å²) in [6.45, 7) is 4.31. The molecule has 0 spiro atoms. The fraction of sp³-hybridized carbons (Fsp3) is 0.222. The molecule has 2 aromatic carbocycles. The van der Waals surface area contributed by atoms with E-state index >= 15 is 0 Å². The first-order valence-corrected chi connectivity index (χ1v) is 9.19. The lowest BCUT2D eigenvalue weighted by Crippen LogP contribution is -2.30. The maximum Gasteiger partial charge on any atom is 0.264 e. The number of sulfonamides is 1. The smallest absolute Gasteiger partial charge is 0.264 e. The van der Waals surface area contributed by atoms with Gasteiger partial charge in [-0.25, -0.2) is 8.42 Å². The van der Waals surface area contributed by atoms with Crippen LogP contribution >= 0.6 is 0 Å². The minimum Gasteiger partial charge on any atom is -0.361 e. The predicted molar refractivity (Wildman–Crippen MR) is 94.3 cm³/mol. The zero-order chi connectivity index (χ0) is 16.4. The summed E-state index contributed by atoms with van der Waals surface area (Å²) in [7, 11) is -3.57. The van der Waals surface area contributed by atoms with Gasteiger partial charge in [-0.2, -0.15) is 0 Å². The Morgan fingerprint density at radius 2 is 1.74 bits per heavy atom. The quantitative estimate of drug-likeness (QED) is 0.771. The number of nitrogens with zero attached hydrogens (tertiary/aromatic N) is 1. The third-order valence-electron chi connectivity index (χ3n) is 4.03. The summed E-state index contributed by atoms with van der Waals surface area (Å²) in [5.41, 5.74) is 2.81. The summed E-state index contributed by atoms with van der Waals surface area (Å²) in [5, 5.41) is 0.892. The number of aryl methyl sites for hydroxylation is 1. The van der Waals surface area contributed by atoms with Crippen LogP contribution in [0, 0.1) is 0 Å². The van der Waals surface area contributed by atoms with Crippen molar-refractivity contribution in [1.82, 2.24) is 4.98 Å².